The molecule has 0 spiro atoms. The number of nitrogens with zero attached hydrogens (tertiary/aromatic N) is 1. The van der Waals surface area contributed by atoms with Crippen molar-refractivity contribution in [3.05, 3.63) is 34.2 Å². The third-order valence-corrected chi connectivity index (χ3v) is 3.21. The maximum atomic E-state index is 11.7. The molecule has 4 nitrogen and oxygen atoms in total. The van der Waals surface area contributed by atoms with E-state index in [1.54, 1.807) is 19.3 Å². The molecule has 0 aromatic carbocycles. The molecule has 0 aliphatic heterocycles. The summed E-state index contributed by atoms with van der Waals surface area (Å²) in [6.45, 7) is 4.37. The van der Waals surface area contributed by atoms with Crippen LogP contribution in [0.2, 0.25) is 0 Å². The molecule has 1 unspecified atom stereocenters. The molecule has 1 atom stereocenters. The smallest absolute Gasteiger partial charge is 0.251 e. The van der Waals surface area contributed by atoms with Crippen LogP contribution in [-0.4, -0.2) is 22.4 Å². The lowest BCUT2D eigenvalue weighted by molar-refractivity contribution is 0.0952. The van der Waals surface area contributed by atoms with Crippen molar-refractivity contribution in [2.75, 3.05) is 6.54 Å². The van der Waals surface area contributed by atoms with Crippen molar-refractivity contribution in [1.82, 2.24) is 9.88 Å². The number of pyridine rings is 1. The normalized spacial score (nSPS) is 12.5. The number of amides is 1. The Balaban J connectivity index is 2.64. The summed E-state index contributed by atoms with van der Waals surface area (Å²) in [5, 5.41) is 2.60. The van der Waals surface area contributed by atoms with Gasteiger partial charge in [-0.25, -0.2) is 0 Å². The second kappa shape index (κ2) is 5.87. The molecular weight excluding hydrogens is 240 g/mol. The molecule has 0 aliphatic carbocycles. The first kappa shape index (κ1) is 13.8. The van der Waals surface area contributed by atoms with E-state index in [-0.39, 0.29) is 16.8 Å². The number of aromatic nitrogens is 1. The summed E-state index contributed by atoms with van der Waals surface area (Å²) < 4.78 is 1.41. The first-order valence-electron chi connectivity index (χ1n) is 5.50. The van der Waals surface area contributed by atoms with E-state index in [2.05, 4.69) is 5.32 Å². The standard InChI is InChI=1S/C12H17ClN2O2/c1-8(2)10(13)7-14-12(17)9-4-5-15(3)11(16)6-9/h4-6,8,10H,7H2,1-3H3,(H,14,17). The maximum Gasteiger partial charge on any atom is 0.251 e. The topological polar surface area (TPSA) is 51.1 Å². The van der Waals surface area contributed by atoms with Crippen molar-refractivity contribution in [3.8, 4) is 0 Å². The van der Waals surface area contributed by atoms with Gasteiger partial charge in [0.25, 0.3) is 11.5 Å². The first-order chi connectivity index (χ1) is 7.91. The molecule has 0 bridgehead atoms. The van der Waals surface area contributed by atoms with Crippen LogP contribution >= 0.6 is 11.6 Å². The summed E-state index contributed by atoms with van der Waals surface area (Å²) in [4.78, 5) is 23.1. The number of halogens is 1. The number of carbonyl (C=O) groups excluding carboxylic acids is 1. The molecule has 0 saturated carbocycles. The lowest BCUT2D eigenvalue weighted by atomic mass is 10.1. The summed E-state index contributed by atoms with van der Waals surface area (Å²) in [7, 11) is 1.64. The van der Waals surface area contributed by atoms with Crippen LogP contribution in [0.15, 0.2) is 23.1 Å². The fourth-order valence-corrected chi connectivity index (χ4v) is 1.29. The maximum absolute atomic E-state index is 11.7. The fourth-order valence-electron chi connectivity index (χ4n) is 1.22. The molecule has 0 radical (unpaired) electrons. The molecular formula is C12H17ClN2O2. The minimum atomic E-state index is -0.269. The lowest BCUT2D eigenvalue weighted by Gasteiger charge is -2.14. The number of carbonyl (C=O) groups is 1. The van der Waals surface area contributed by atoms with E-state index in [0.717, 1.165) is 0 Å². The number of hydrogen-bond donors (Lipinski definition) is 1. The molecule has 1 rings (SSSR count). The number of nitrogens with one attached hydrogen (secondary N) is 1. The van der Waals surface area contributed by atoms with Crippen LogP contribution in [0.4, 0.5) is 0 Å². The Bertz CT molecular complexity index is 454. The molecule has 0 saturated heterocycles. The molecule has 1 amide bonds. The van der Waals surface area contributed by atoms with Crippen molar-refractivity contribution in [1.29, 1.82) is 0 Å². The Morgan fingerprint density at radius 3 is 2.71 bits per heavy atom. The minimum Gasteiger partial charge on any atom is -0.351 e. The number of hydrogen-bond acceptors (Lipinski definition) is 2. The average Bonchev–Trinajstić information content (AvgIpc) is 2.28. The van der Waals surface area contributed by atoms with Gasteiger partial charge in [0.05, 0.1) is 5.38 Å². The van der Waals surface area contributed by atoms with E-state index < -0.39 is 0 Å². The Morgan fingerprint density at radius 1 is 1.53 bits per heavy atom. The van der Waals surface area contributed by atoms with Gasteiger partial charge in [0, 0.05) is 31.4 Å². The Labute approximate surface area is 106 Å². The van der Waals surface area contributed by atoms with E-state index in [4.69, 9.17) is 11.6 Å². The van der Waals surface area contributed by atoms with E-state index in [1.165, 1.54) is 10.6 Å². The van der Waals surface area contributed by atoms with E-state index in [0.29, 0.717) is 18.0 Å². The molecule has 1 heterocycles. The second-order valence-corrected chi connectivity index (χ2v) is 4.90. The summed E-state index contributed by atoms with van der Waals surface area (Å²) in [6.07, 6.45) is 1.57. The van der Waals surface area contributed by atoms with Gasteiger partial charge in [-0.05, 0) is 12.0 Å². The summed E-state index contributed by atoms with van der Waals surface area (Å²) in [5.74, 6) is 0.0228. The molecule has 0 fully saturated rings. The monoisotopic (exact) mass is 256 g/mol. The molecule has 1 aromatic heterocycles. The third-order valence-electron chi connectivity index (χ3n) is 2.55. The van der Waals surface area contributed by atoms with Gasteiger partial charge in [0.2, 0.25) is 0 Å². The van der Waals surface area contributed by atoms with Gasteiger partial charge >= 0.3 is 0 Å². The zero-order valence-corrected chi connectivity index (χ0v) is 11.0. The van der Waals surface area contributed by atoms with E-state index in [9.17, 15) is 9.59 Å². The van der Waals surface area contributed by atoms with Crippen LogP contribution in [0.25, 0.3) is 0 Å². The minimum absolute atomic E-state index is 0.106. The zero-order valence-electron chi connectivity index (χ0n) is 10.2. The van der Waals surface area contributed by atoms with Crippen molar-refractivity contribution >= 4 is 17.5 Å². The molecule has 5 heteroatoms. The third kappa shape index (κ3) is 3.89. The number of alkyl halides is 1. The van der Waals surface area contributed by atoms with Crippen molar-refractivity contribution in [2.24, 2.45) is 13.0 Å². The van der Waals surface area contributed by atoms with Gasteiger partial charge in [-0.15, -0.1) is 11.6 Å². The van der Waals surface area contributed by atoms with Crippen molar-refractivity contribution < 1.29 is 4.79 Å². The Morgan fingerprint density at radius 2 is 2.18 bits per heavy atom. The SMILES string of the molecule is CC(C)C(Cl)CNC(=O)c1ccn(C)c(=O)c1. The zero-order chi connectivity index (χ0) is 13.0. The van der Waals surface area contributed by atoms with Crippen LogP contribution in [0.1, 0.15) is 24.2 Å². The largest absolute Gasteiger partial charge is 0.351 e. The molecule has 0 aliphatic rings. The highest BCUT2D eigenvalue weighted by atomic mass is 35.5. The molecule has 1 N–H and O–H groups in total. The summed E-state index contributed by atoms with van der Waals surface area (Å²) in [6, 6.07) is 2.92. The first-order valence-corrected chi connectivity index (χ1v) is 5.94. The average molecular weight is 257 g/mol. The highest BCUT2D eigenvalue weighted by molar-refractivity contribution is 6.21. The fraction of sp³-hybridized carbons (Fsp3) is 0.500. The van der Waals surface area contributed by atoms with Gasteiger partial charge in [0.1, 0.15) is 0 Å². The highest BCUT2D eigenvalue weighted by Gasteiger charge is 2.12. The van der Waals surface area contributed by atoms with Gasteiger partial charge < -0.3 is 9.88 Å². The predicted octanol–water partition coefficient (Wildman–Crippen LogP) is 1.38. The highest BCUT2D eigenvalue weighted by Crippen LogP contribution is 2.07. The van der Waals surface area contributed by atoms with Crippen LogP contribution in [0, 0.1) is 5.92 Å². The summed E-state index contributed by atoms with van der Waals surface area (Å²) in [5.41, 5.74) is 0.157. The lowest BCUT2D eigenvalue weighted by Crippen LogP contribution is -2.32. The van der Waals surface area contributed by atoms with Crippen LogP contribution in [0.5, 0.6) is 0 Å². The van der Waals surface area contributed by atoms with Gasteiger partial charge in [-0.1, -0.05) is 13.8 Å². The quantitative estimate of drug-likeness (QED) is 0.828. The second-order valence-electron chi connectivity index (χ2n) is 4.33. The van der Waals surface area contributed by atoms with Crippen LogP contribution in [0.3, 0.4) is 0 Å². The van der Waals surface area contributed by atoms with E-state index in [1.807, 2.05) is 13.8 Å². The van der Waals surface area contributed by atoms with Crippen LogP contribution in [-0.2, 0) is 7.05 Å². The Kier molecular flexibility index (Phi) is 4.75. The Hall–Kier alpha value is -1.29. The van der Waals surface area contributed by atoms with Crippen molar-refractivity contribution in [2.45, 2.75) is 19.2 Å². The van der Waals surface area contributed by atoms with Gasteiger partial charge in [-0.3, -0.25) is 9.59 Å². The van der Waals surface area contributed by atoms with E-state index >= 15 is 0 Å². The number of rotatable bonds is 4. The van der Waals surface area contributed by atoms with Gasteiger partial charge in [0.15, 0.2) is 0 Å². The van der Waals surface area contributed by atoms with Crippen molar-refractivity contribution in [3.63, 3.8) is 0 Å². The number of aryl methyl sites for hydroxylation is 1. The van der Waals surface area contributed by atoms with Gasteiger partial charge in [-0.2, -0.15) is 0 Å². The molecule has 1 aromatic rings. The summed E-state index contributed by atoms with van der Waals surface area (Å²) >= 11 is 6.02. The van der Waals surface area contributed by atoms with Crippen LogP contribution < -0.4 is 10.9 Å². The molecule has 17 heavy (non-hydrogen) atoms. The predicted molar refractivity (Wildman–Crippen MR) is 68.5 cm³/mol. The molecule has 94 valence electrons.